The van der Waals surface area contributed by atoms with Crippen LogP contribution < -0.4 is 10.6 Å². The molecular formula is C13H20FN3O. The number of nitrogens with one attached hydrogen (secondary N) is 2. The Kier molecular flexibility index (Phi) is 5.07. The summed E-state index contributed by atoms with van der Waals surface area (Å²) in [6.45, 7) is 6.11. The number of halogens is 1. The average molecular weight is 253 g/mol. The van der Waals surface area contributed by atoms with Gasteiger partial charge in [-0.3, -0.25) is 4.79 Å². The first-order chi connectivity index (χ1) is 8.43. The number of rotatable bonds is 5. The van der Waals surface area contributed by atoms with E-state index in [1.807, 2.05) is 6.92 Å². The fourth-order valence-electron chi connectivity index (χ4n) is 1.88. The van der Waals surface area contributed by atoms with Crippen LogP contribution in [0, 0.1) is 11.7 Å². The van der Waals surface area contributed by atoms with Crippen molar-refractivity contribution in [1.82, 2.24) is 10.3 Å². The van der Waals surface area contributed by atoms with Gasteiger partial charge in [0.05, 0.1) is 11.8 Å². The maximum atomic E-state index is 13.1. The van der Waals surface area contributed by atoms with Crippen molar-refractivity contribution in [3.05, 3.63) is 23.6 Å². The van der Waals surface area contributed by atoms with Crippen molar-refractivity contribution in [3.63, 3.8) is 0 Å². The van der Waals surface area contributed by atoms with E-state index in [4.69, 9.17) is 0 Å². The summed E-state index contributed by atoms with van der Waals surface area (Å²) >= 11 is 0. The van der Waals surface area contributed by atoms with Crippen LogP contribution >= 0.6 is 0 Å². The summed E-state index contributed by atoms with van der Waals surface area (Å²) in [7, 11) is 1.65. The smallest absolute Gasteiger partial charge is 0.255 e. The van der Waals surface area contributed by atoms with Crippen LogP contribution in [0.2, 0.25) is 0 Å². The van der Waals surface area contributed by atoms with Gasteiger partial charge in [0.1, 0.15) is 11.6 Å². The van der Waals surface area contributed by atoms with Crippen LogP contribution in [0.1, 0.15) is 37.6 Å². The summed E-state index contributed by atoms with van der Waals surface area (Å²) in [5.41, 5.74) is 0.230. The second-order valence-corrected chi connectivity index (χ2v) is 4.80. The van der Waals surface area contributed by atoms with Crippen LogP contribution in [-0.2, 0) is 0 Å². The SMILES string of the molecule is CNc1ncc(F)cc1C(=O)NC(C)CC(C)C. The summed E-state index contributed by atoms with van der Waals surface area (Å²) in [4.78, 5) is 15.8. The maximum Gasteiger partial charge on any atom is 0.255 e. The zero-order valence-corrected chi connectivity index (χ0v) is 11.2. The molecule has 0 saturated carbocycles. The normalized spacial score (nSPS) is 12.3. The molecule has 0 fully saturated rings. The van der Waals surface area contributed by atoms with Crippen LogP contribution in [0.25, 0.3) is 0 Å². The zero-order valence-electron chi connectivity index (χ0n) is 11.2. The third-order valence-electron chi connectivity index (χ3n) is 2.54. The molecule has 0 saturated heterocycles. The van der Waals surface area contributed by atoms with E-state index in [1.165, 1.54) is 6.07 Å². The van der Waals surface area contributed by atoms with Gasteiger partial charge in [-0.05, 0) is 25.3 Å². The van der Waals surface area contributed by atoms with Gasteiger partial charge in [0, 0.05) is 13.1 Å². The Hall–Kier alpha value is -1.65. The molecule has 0 aliphatic carbocycles. The number of aromatic nitrogens is 1. The molecule has 0 spiro atoms. The summed E-state index contributed by atoms with van der Waals surface area (Å²) in [6.07, 6.45) is 1.96. The molecule has 100 valence electrons. The topological polar surface area (TPSA) is 54.0 Å². The highest BCUT2D eigenvalue weighted by molar-refractivity contribution is 5.98. The predicted molar refractivity (Wildman–Crippen MR) is 70.1 cm³/mol. The lowest BCUT2D eigenvalue weighted by atomic mass is 10.0. The molecule has 1 rings (SSSR count). The van der Waals surface area contributed by atoms with Crippen molar-refractivity contribution in [1.29, 1.82) is 0 Å². The van der Waals surface area contributed by atoms with Crippen LogP contribution in [0.15, 0.2) is 12.3 Å². The van der Waals surface area contributed by atoms with Gasteiger partial charge < -0.3 is 10.6 Å². The monoisotopic (exact) mass is 253 g/mol. The third-order valence-corrected chi connectivity index (χ3v) is 2.54. The minimum Gasteiger partial charge on any atom is -0.372 e. The van der Waals surface area contributed by atoms with Crippen LogP contribution in [0.5, 0.6) is 0 Å². The van der Waals surface area contributed by atoms with Crippen molar-refractivity contribution in [2.24, 2.45) is 5.92 Å². The van der Waals surface area contributed by atoms with Gasteiger partial charge in [-0.2, -0.15) is 0 Å². The number of anilines is 1. The number of amides is 1. The van der Waals surface area contributed by atoms with E-state index < -0.39 is 5.82 Å². The van der Waals surface area contributed by atoms with E-state index >= 15 is 0 Å². The molecule has 4 nitrogen and oxygen atoms in total. The van der Waals surface area contributed by atoms with Gasteiger partial charge in [0.2, 0.25) is 0 Å². The lowest BCUT2D eigenvalue weighted by Crippen LogP contribution is -2.34. The first kappa shape index (κ1) is 14.4. The minimum atomic E-state index is -0.518. The Balaban J connectivity index is 2.80. The highest BCUT2D eigenvalue weighted by atomic mass is 19.1. The van der Waals surface area contributed by atoms with Gasteiger partial charge in [-0.1, -0.05) is 13.8 Å². The summed E-state index contributed by atoms with van der Waals surface area (Å²) in [5, 5.41) is 5.62. The minimum absolute atomic E-state index is 0.0467. The van der Waals surface area contributed by atoms with Crippen molar-refractivity contribution in [2.75, 3.05) is 12.4 Å². The second-order valence-electron chi connectivity index (χ2n) is 4.80. The highest BCUT2D eigenvalue weighted by Crippen LogP contribution is 2.13. The second kappa shape index (κ2) is 6.33. The van der Waals surface area contributed by atoms with Gasteiger partial charge >= 0.3 is 0 Å². The molecule has 1 atom stereocenters. The molecule has 1 unspecified atom stereocenters. The molecule has 2 N–H and O–H groups in total. The number of hydrogen-bond acceptors (Lipinski definition) is 3. The number of nitrogens with zero attached hydrogens (tertiary/aromatic N) is 1. The molecule has 5 heteroatoms. The molecular weight excluding hydrogens is 233 g/mol. The van der Waals surface area contributed by atoms with E-state index in [9.17, 15) is 9.18 Å². The summed E-state index contributed by atoms with van der Waals surface area (Å²) in [6, 6.07) is 1.24. The Morgan fingerprint density at radius 2 is 2.11 bits per heavy atom. The van der Waals surface area contributed by atoms with Crippen molar-refractivity contribution in [2.45, 2.75) is 33.2 Å². The van der Waals surface area contributed by atoms with Crippen molar-refractivity contribution >= 4 is 11.7 Å². The molecule has 0 radical (unpaired) electrons. The number of hydrogen-bond donors (Lipinski definition) is 2. The molecule has 0 bridgehead atoms. The molecule has 1 aromatic heterocycles. The van der Waals surface area contributed by atoms with Crippen LogP contribution in [-0.4, -0.2) is 24.0 Å². The molecule has 0 aromatic carbocycles. The van der Waals surface area contributed by atoms with E-state index in [2.05, 4.69) is 29.5 Å². The molecule has 1 aromatic rings. The van der Waals surface area contributed by atoms with Crippen LogP contribution in [0.3, 0.4) is 0 Å². The highest BCUT2D eigenvalue weighted by Gasteiger charge is 2.16. The fraction of sp³-hybridized carbons (Fsp3) is 0.538. The number of carbonyl (C=O) groups is 1. The first-order valence-corrected chi connectivity index (χ1v) is 6.08. The molecule has 1 amide bonds. The molecule has 0 aliphatic rings. The van der Waals surface area contributed by atoms with Crippen molar-refractivity contribution < 1.29 is 9.18 Å². The van der Waals surface area contributed by atoms with E-state index in [0.29, 0.717) is 11.7 Å². The predicted octanol–water partition coefficient (Wildman–Crippen LogP) is 2.43. The summed E-state index contributed by atoms with van der Waals surface area (Å²) in [5.74, 6) is 0.0514. The Bertz CT molecular complexity index is 421. The fourth-order valence-corrected chi connectivity index (χ4v) is 1.88. The lowest BCUT2D eigenvalue weighted by Gasteiger charge is -2.16. The Morgan fingerprint density at radius 1 is 1.44 bits per heavy atom. The van der Waals surface area contributed by atoms with Gasteiger partial charge in [-0.25, -0.2) is 9.37 Å². The third kappa shape index (κ3) is 3.98. The largest absolute Gasteiger partial charge is 0.372 e. The molecule has 0 aliphatic heterocycles. The maximum absolute atomic E-state index is 13.1. The number of carbonyl (C=O) groups excluding carboxylic acids is 1. The Labute approximate surface area is 107 Å². The van der Waals surface area contributed by atoms with Gasteiger partial charge in [0.25, 0.3) is 5.91 Å². The number of pyridine rings is 1. The van der Waals surface area contributed by atoms with E-state index in [0.717, 1.165) is 12.6 Å². The van der Waals surface area contributed by atoms with E-state index in [-0.39, 0.29) is 17.5 Å². The Morgan fingerprint density at radius 3 is 2.67 bits per heavy atom. The standard InChI is InChI=1S/C13H20FN3O/c1-8(2)5-9(3)17-13(18)11-6-10(14)7-16-12(11)15-4/h6-9H,5H2,1-4H3,(H,15,16)(H,17,18). The summed E-state index contributed by atoms with van der Waals surface area (Å²) < 4.78 is 13.1. The van der Waals surface area contributed by atoms with Crippen LogP contribution in [0.4, 0.5) is 10.2 Å². The van der Waals surface area contributed by atoms with Gasteiger partial charge in [-0.15, -0.1) is 0 Å². The molecule has 1 heterocycles. The lowest BCUT2D eigenvalue weighted by molar-refractivity contribution is 0.0936. The average Bonchev–Trinajstić information content (AvgIpc) is 2.27. The zero-order chi connectivity index (χ0) is 13.7. The van der Waals surface area contributed by atoms with E-state index in [1.54, 1.807) is 7.05 Å². The van der Waals surface area contributed by atoms with Crippen molar-refractivity contribution in [3.8, 4) is 0 Å². The first-order valence-electron chi connectivity index (χ1n) is 6.08. The quantitative estimate of drug-likeness (QED) is 0.847. The van der Waals surface area contributed by atoms with Gasteiger partial charge in [0.15, 0.2) is 0 Å². The molecule has 18 heavy (non-hydrogen) atoms.